The third-order valence-electron chi connectivity index (χ3n) is 2.99. The first-order chi connectivity index (χ1) is 8.37. The minimum absolute atomic E-state index is 0.203. The molecule has 1 aliphatic heterocycles. The molecule has 0 radical (unpaired) electrons. The fraction of sp³-hybridized carbons (Fsp3) is 0.727. The molecule has 0 spiro atoms. The predicted octanol–water partition coefficient (Wildman–Crippen LogP) is -0.129. The van der Waals surface area contributed by atoms with E-state index in [2.05, 4.69) is 15.0 Å². The molecule has 7 heteroatoms. The molecule has 1 aromatic heterocycles. The van der Waals surface area contributed by atoms with Crippen molar-refractivity contribution in [1.29, 1.82) is 0 Å². The monoisotopic (exact) mass is 252 g/mol. The molecule has 0 aromatic carbocycles. The maximum atomic E-state index is 10.1. The standard InChI is InChI=1S/C11H20N6O/c1-11(18)5-4-6-17(7-11)10-14-8(12)13-9(15-10)16(2)3/h18H,4-7H2,1-3H3,(H2,12,13,14,15). The maximum Gasteiger partial charge on any atom is 0.232 e. The van der Waals surface area contributed by atoms with Gasteiger partial charge in [-0.15, -0.1) is 0 Å². The zero-order chi connectivity index (χ0) is 13.3. The van der Waals surface area contributed by atoms with Crippen molar-refractivity contribution in [3.63, 3.8) is 0 Å². The van der Waals surface area contributed by atoms with Crippen LogP contribution in [-0.4, -0.2) is 52.8 Å². The van der Waals surface area contributed by atoms with Gasteiger partial charge in [0.05, 0.1) is 5.60 Å². The van der Waals surface area contributed by atoms with E-state index in [1.165, 1.54) is 0 Å². The van der Waals surface area contributed by atoms with Crippen molar-refractivity contribution in [1.82, 2.24) is 15.0 Å². The summed E-state index contributed by atoms with van der Waals surface area (Å²) in [6.45, 7) is 3.17. The lowest BCUT2D eigenvalue weighted by Crippen LogP contribution is -2.47. The maximum absolute atomic E-state index is 10.1. The summed E-state index contributed by atoms with van der Waals surface area (Å²) in [5, 5.41) is 10.1. The highest BCUT2D eigenvalue weighted by molar-refractivity contribution is 5.43. The van der Waals surface area contributed by atoms with E-state index < -0.39 is 5.60 Å². The number of nitrogens with two attached hydrogens (primary N) is 1. The molecule has 1 aromatic rings. The Morgan fingerprint density at radius 3 is 2.67 bits per heavy atom. The molecular weight excluding hydrogens is 232 g/mol. The number of rotatable bonds is 2. The molecule has 1 unspecified atom stereocenters. The summed E-state index contributed by atoms with van der Waals surface area (Å²) in [4.78, 5) is 16.3. The first kappa shape index (κ1) is 12.8. The van der Waals surface area contributed by atoms with Gasteiger partial charge in [0.2, 0.25) is 17.8 Å². The third-order valence-corrected chi connectivity index (χ3v) is 2.99. The number of nitrogen functional groups attached to an aromatic ring is 1. The summed E-state index contributed by atoms with van der Waals surface area (Å²) in [5.41, 5.74) is 5.00. The van der Waals surface area contributed by atoms with Crippen molar-refractivity contribution in [2.75, 3.05) is 42.7 Å². The summed E-state index contributed by atoms with van der Waals surface area (Å²) < 4.78 is 0. The second-order valence-electron chi connectivity index (χ2n) is 5.21. The molecule has 1 aliphatic rings. The SMILES string of the molecule is CN(C)c1nc(N)nc(N2CCCC(C)(O)C2)n1. The zero-order valence-electron chi connectivity index (χ0n) is 11.1. The zero-order valence-corrected chi connectivity index (χ0v) is 11.1. The second-order valence-corrected chi connectivity index (χ2v) is 5.21. The van der Waals surface area contributed by atoms with Crippen LogP contribution in [0.2, 0.25) is 0 Å². The summed E-state index contributed by atoms with van der Waals surface area (Å²) in [7, 11) is 3.70. The first-order valence-electron chi connectivity index (χ1n) is 6.04. The molecule has 1 atom stereocenters. The molecule has 2 rings (SSSR count). The van der Waals surface area contributed by atoms with Crippen molar-refractivity contribution in [3.8, 4) is 0 Å². The minimum atomic E-state index is -0.697. The first-order valence-corrected chi connectivity index (χ1v) is 6.04. The summed E-state index contributed by atoms with van der Waals surface area (Å²) in [6.07, 6.45) is 1.71. The largest absolute Gasteiger partial charge is 0.388 e. The lowest BCUT2D eigenvalue weighted by Gasteiger charge is -2.36. The van der Waals surface area contributed by atoms with E-state index in [-0.39, 0.29) is 5.95 Å². The molecule has 100 valence electrons. The molecular formula is C11H20N6O. The van der Waals surface area contributed by atoms with Gasteiger partial charge in [-0.2, -0.15) is 15.0 Å². The fourth-order valence-corrected chi connectivity index (χ4v) is 2.10. The van der Waals surface area contributed by atoms with Gasteiger partial charge < -0.3 is 20.6 Å². The number of β-amino-alcohol motifs (C(OH)–C–C–N with tert-alkyl or cyclic N) is 1. The Labute approximate surface area is 107 Å². The number of aliphatic hydroxyl groups is 1. The highest BCUT2D eigenvalue weighted by atomic mass is 16.3. The van der Waals surface area contributed by atoms with Crippen molar-refractivity contribution in [2.45, 2.75) is 25.4 Å². The van der Waals surface area contributed by atoms with Gasteiger partial charge >= 0.3 is 0 Å². The Bertz CT molecular complexity index is 434. The van der Waals surface area contributed by atoms with Gasteiger partial charge in [-0.3, -0.25) is 0 Å². The van der Waals surface area contributed by atoms with Gasteiger partial charge in [0.25, 0.3) is 0 Å². The van der Waals surface area contributed by atoms with Crippen LogP contribution in [-0.2, 0) is 0 Å². The number of hydrogen-bond acceptors (Lipinski definition) is 7. The highest BCUT2D eigenvalue weighted by Crippen LogP contribution is 2.24. The van der Waals surface area contributed by atoms with E-state index in [0.29, 0.717) is 18.4 Å². The number of hydrogen-bond donors (Lipinski definition) is 2. The van der Waals surface area contributed by atoms with Gasteiger partial charge in [0.15, 0.2) is 0 Å². The van der Waals surface area contributed by atoms with Gasteiger partial charge in [-0.05, 0) is 19.8 Å². The molecule has 0 saturated carbocycles. The van der Waals surface area contributed by atoms with Crippen molar-refractivity contribution in [2.24, 2.45) is 0 Å². The van der Waals surface area contributed by atoms with Crippen LogP contribution < -0.4 is 15.5 Å². The normalized spacial score (nSPS) is 24.1. The van der Waals surface area contributed by atoms with Gasteiger partial charge in [0, 0.05) is 27.2 Å². The third kappa shape index (κ3) is 2.79. The Balaban J connectivity index is 2.27. The Kier molecular flexibility index (Phi) is 3.25. The Hall–Kier alpha value is -1.63. The molecule has 18 heavy (non-hydrogen) atoms. The molecule has 1 fully saturated rings. The topological polar surface area (TPSA) is 91.4 Å². The number of nitrogens with zero attached hydrogens (tertiary/aromatic N) is 5. The van der Waals surface area contributed by atoms with Crippen LogP contribution in [0.1, 0.15) is 19.8 Å². The molecule has 1 saturated heterocycles. The van der Waals surface area contributed by atoms with Crippen LogP contribution in [0.25, 0.3) is 0 Å². The molecule has 2 heterocycles. The van der Waals surface area contributed by atoms with Crippen LogP contribution >= 0.6 is 0 Å². The lowest BCUT2D eigenvalue weighted by atomic mass is 9.95. The molecule has 0 bridgehead atoms. The van der Waals surface area contributed by atoms with Gasteiger partial charge in [0.1, 0.15) is 0 Å². The Morgan fingerprint density at radius 2 is 2.06 bits per heavy atom. The van der Waals surface area contributed by atoms with Crippen molar-refractivity contribution in [3.05, 3.63) is 0 Å². The number of piperidine rings is 1. The van der Waals surface area contributed by atoms with Crippen molar-refractivity contribution < 1.29 is 5.11 Å². The minimum Gasteiger partial charge on any atom is -0.388 e. The quantitative estimate of drug-likeness (QED) is 0.757. The van der Waals surface area contributed by atoms with E-state index in [1.807, 2.05) is 25.9 Å². The summed E-state index contributed by atoms with van der Waals surface area (Å²) in [5.74, 6) is 1.27. The fourth-order valence-electron chi connectivity index (χ4n) is 2.10. The lowest BCUT2D eigenvalue weighted by molar-refractivity contribution is 0.0444. The smallest absolute Gasteiger partial charge is 0.232 e. The average molecular weight is 252 g/mol. The number of anilines is 3. The van der Waals surface area contributed by atoms with Gasteiger partial charge in [-0.25, -0.2) is 0 Å². The van der Waals surface area contributed by atoms with Crippen LogP contribution in [0.15, 0.2) is 0 Å². The van der Waals surface area contributed by atoms with Gasteiger partial charge in [-0.1, -0.05) is 0 Å². The molecule has 0 amide bonds. The molecule has 7 nitrogen and oxygen atoms in total. The second kappa shape index (κ2) is 4.56. The molecule has 0 aliphatic carbocycles. The van der Waals surface area contributed by atoms with E-state index in [1.54, 1.807) is 4.90 Å². The average Bonchev–Trinajstić information content (AvgIpc) is 2.26. The summed E-state index contributed by atoms with van der Waals surface area (Å²) >= 11 is 0. The predicted molar refractivity (Wildman–Crippen MR) is 70.6 cm³/mol. The van der Waals surface area contributed by atoms with Crippen LogP contribution in [0, 0.1) is 0 Å². The molecule has 3 N–H and O–H groups in total. The van der Waals surface area contributed by atoms with Crippen LogP contribution in [0.3, 0.4) is 0 Å². The Morgan fingerprint density at radius 1 is 1.33 bits per heavy atom. The van der Waals surface area contributed by atoms with E-state index in [9.17, 15) is 5.11 Å². The summed E-state index contributed by atoms with van der Waals surface area (Å²) in [6, 6.07) is 0. The van der Waals surface area contributed by atoms with Crippen molar-refractivity contribution >= 4 is 17.8 Å². The van der Waals surface area contributed by atoms with Crippen LogP contribution in [0.5, 0.6) is 0 Å². The van der Waals surface area contributed by atoms with E-state index in [0.717, 1.165) is 19.4 Å². The van der Waals surface area contributed by atoms with E-state index in [4.69, 9.17) is 5.73 Å². The number of aromatic nitrogens is 3. The highest BCUT2D eigenvalue weighted by Gasteiger charge is 2.30. The van der Waals surface area contributed by atoms with Crippen LogP contribution in [0.4, 0.5) is 17.8 Å². The van der Waals surface area contributed by atoms with E-state index >= 15 is 0 Å².